The molecule has 1 amide bonds. The maximum Gasteiger partial charge on any atom is 0.257 e. The lowest BCUT2D eigenvalue weighted by Crippen LogP contribution is -2.37. The summed E-state index contributed by atoms with van der Waals surface area (Å²) in [7, 11) is 3.18. The molecule has 94 valence electrons. The van der Waals surface area contributed by atoms with E-state index in [2.05, 4.69) is 0 Å². The molecule has 0 aliphatic rings. The van der Waals surface area contributed by atoms with Gasteiger partial charge in [-0.05, 0) is 19.1 Å². The molecule has 1 unspecified atom stereocenters. The molecule has 0 heterocycles. The molecule has 0 bridgehead atoms. The number of rotatable bonds is 4. The molecule has 17 heavy (non-hydrogen) atoms. The molecule has 0 saturated carbocycles. The molecule has 1 rings (SSSR count). The number of methoxy groups -OCH3 is 1. The number of aromatic hydroxyl groups is 2. The lowest BCUT2D eigenvalue weighted by Gasteiger charge is -2.24. The van der Waals surface area contributed by atoms with Crippen molar-refractivity contribution in [2.45, 2.75) is 13.0 Å². The number of likely N-dealkylation sites (N-methyl/N-ethyl adjacent to an activating group) is 1. The first kappa shape index (κ1) is 13.3. The third-order valence-corrected chi connectivity index (χ3v) is 2.63. The second kappa shape index (κ2) is 5.54. The van der Waals surface area contributed by atoms with Gasteiger partial charge in [0.1, 0.15) is 0 Å². The van der Waals surface area contributed by atoms with E-state index >= 15 is 0 Å². The van der Waals surface area contributed by atoms with E-state index in [1.54, 1.807) is 14.2 Å². The predicted octanol–water partition coefficient (Wildman–Crippen LogP) is 1.20. The maximum atomic E-state index is 12.0. The van der Waals surface area contributed by atoms with E-state index in [4.69, 9.17) is 4.74 Å². The van der Waals surface area contributed by atoms with Crippen LogP contribution in [0.25, 0.3) is 0 Å². The minimum Gasteiger partial charge on any atom is -0.504 e. The van der Waals surface area contributed by atoms with E-state index in [1.807, 2.05) is 6.92 Å². The normalized spacial score (nSPS) is 12.2. The quantitative estimate of drug-likeness (QED) is 0.775. The van der Waals surface area contributed by atoms with Crippen molar-refractivity contribution in [3.8, 4) is 11.5 Å². The summed E-state index contributed by atoms with van der Waals surface area (Å²) in [5.74, 6) is -1.06. The van der Waals surface area contributed by atoms with Gasteiger partial charge in [0.15, 0.2) is 11.5 Å². The van der Waals surface area contributed by atoms with Crippen LogP contribution in [0.5, 0.6) is 11.5 Å². The lowest BCUT2D eigenvalue weighted by atomic mass is 10.1. The average molecular weight is 239 g/mol. The van der Waals surface area contributed by atoms with Crippen molar-refractivity contribution < 1.29 is 19.7 Å². The Morgan fingerprint density at radius 2 is 2.12 bits per heavy atom. The predicted molar refractivity (Wildman–Crippen MR) is 63.2 cm³/mol. The van der Waals surface area contributed by atoms with Crippen LogP contribution in [0.2, 0.25) is 0 Å². The van der Waals surface area contributed by atoms with E-state index in [0.29, 0.717) is 6.61 Å². The molecule has 0 aliphatic carbocycles. The number of carbonyl (C=O) groups excluding carboxylic acids is 1. The highest BCUT2D eigenvalue weighted by molar-refractivity contribution is 5.97. The molecule has 0 fully saturated rings. The molecule has 2 N–H and O–H groups in total. The molecule has 0 aliphatic heterocycles. The molecule has 0 aromatic heterocycles. The van der Waals surface area contributed by atoms with E-state index in [0.717, 1.165) is 0 Å². The first-order chi connectivity index (χ1) is 7.99. The Balaban J connectivity index is 2.93. The van der Waals surface area contributed by atoms with Crippen LogP contribution in [-0.2, 0) is 4.74 Å². The molecule has 1 aromatic rings. The van der Waals surface area contributed by atoms with Crippen LogP contribution in [0.1, 0.15) is 17.3 Å². The Morgan fingerprint density at radius 3 is 2.71 bits per heavy atom. The standard InChI is InChI=1S/C12H17NO4/c1-8(7-17-3)13(2)12(16)9-5-4-6-10(14)11(9)15/h4-6,8,14-15H,7H2,1-3H3. The molecular formula is C12H17NO4. The maximum absolute atomic E-state index is 12.0. The Kier molecular flexibility index (Phi) is 4.34. The van der Waals surface area contributed by atoms with Gasteiger partial charge in [-0.25, -0.2) is 0 Å². The Hall–Kier alpha value is -1.75. The highest BCUT2D eigenvalue weighted by Gasteiger charge is 2.21. The van der Waals surface area contributed by atoms with Gasteiger partial charge >= 0.3 is 0 Å². The van der Waals surface area contributed by atoms with Crippen LogP contribution >= 0.6 is 0 Å². The van der Waals surface area contributed by atoms with Gasteiger partial charge < -0.3 is 19.8 Å². The van der Waals surface area contributed by atoms with Crippen LogP contribution in [0.4, 0.5) is 0 Å². The fourth-order valence-corrected chi connectivity index (χ4v) is 1.45. The fraction of sp³-hybridized carbons (Fsp3) is 0.417. The molecule has 0 saturated heterocycles. The van der Waals surface area contributed by atoms with Crippen LogP contribution in [0.3, 0.4) is 0 Å². The first-order valence-electron chi connectivity index (χ1n) is 5.26. The highest BCUT2D eigenvalue weighted by Crippen LogP contribution is 2.29. The summed E-state index contributed by atoms with van der Waals surface area (Å²) in [4.78, 5) is 13.5. The molecule has 0 spiro atoms. The van der Waals surface area contributed by atoms with Crippen molar-refractivity contribution in [1.29, 1.82) is 0 Å². The number of carbonyl (C=O) groups is 1. The third-order valence-electron chi connectivity index (χ3n) is 2.63. The summed E-state index contributed by atoms with van der Waals surface area (Å²) < 4.78 is 4.96. The number of phenols is 2. The van der Waals surface area contributed by atoms with Crippen molar-refractivity contribution in [1.82, 2.24) is 4.90 Å². The second-order valence-corrected chi connectivity index (χ2v) is 3.89. The number of hydrogen-bond donors (Lipinski definition) is 2. The summed E-state index contributed by atoms with van der Waals surface area (Å²) in [6.07, 6.45) is 0. The number of nitrogens with zero attached hydrogens (tertiary/aromatic N) is 1. The van der Waals surface area contributed by atoms with Gasteiger partial charge in [0.05, 0.1) is 18.2 Å². The van der Waals surface area contributed by atoms with Crippen LogP contribution in [-0.4, -0.2) is 47.8 Å². The zero-order chi connectivity index (χ0) is 13.0. The molecule has 1 aromatic carbocycles. The molecular weight excluding hydrogens is 222 g/mol. The van der Waals surface area contributed by atoms with Crippen molar-refractivity contribution in [3.63, 3.8) is 0 Å². The second-order valence-electron chi connectivity index (χ2n) is 3.89. The topological polar surface area (TPSA) is 70.0 Å². The summed E-state index contributed by atoms with van der Waals surface area (Å²) in [6, 6.07) is 4.18. The fourth-order valence-electron chi connectivity index (χ4n) is 1.45. The smallest absolute Gasteiger partial charge is 0.257 e. The van der Waals surface area contributed by atoms with E-state index < -0.39 is 5.75 Å². The van der Waals surface area contributed by atoms with Gasteiger partial charge in [0, 0.05) is 14.2 Å². The highest BCUT2D eigenvalue weighted by atomic mass is 16.5. The van der Waals surface area contributed by atoms with Gasteiger partial charge in [0.2, 0.25) is 0 Å². The van der Waals surface area contributed by atoms with Gasteiger partial charge in [-0.1, -0.05) is 6.07 Å². The first-order valence-corrected chi connectivity index (χ1v) is 5.26. The summed E-state index contributed by atoms with van der Waals surface area (Å²) in [5.41, 5.74) is 0.0791. The van der Waals surface area contributed by atoms with Gasteiger partial charge in [0.25, 0.3) is 5.91 Å². The molecule has 1 atom stereocenters. The molecule has 0 radical (unpaired) electrons. The Labute approximate surface area is 100 Å². The van der Waals surface area contributed by atoms with E-state index in [-0.39, 0.29) is 23.3 Å². The van der Waals surface area contributed by atoms with E-state index in [1.165, 1.54) is 23.1 Å². The van der Waals surface area contributed by atoms with Crippen LogP contribution in [0, 0.1) is 0 Å². The summed E-state index contributed by atoms with van der Waals surface area (Å²) >= 11 is 0. The number of ether oxygens (including phenoxy) is 1. The average Bonchev–Trinajstić information content (AvgIpc) is 2.31. The number of hydrogen-bond acceptors (Lipinski definition) is 4. The largest absolute Gasteiger partial charge is 0.504 e. The zero-order valence-electron chi connectivity index (χ0n) is 10.2. The van der Waals surface area contributed by atoms with E-state index in [9.17, 15) is 15.0 Å². The number of benzene rings is 1. The van der Waals surface area contributed by atoms with Crippen molar-refractivity contribution in [2.24, 2.45) is 0 Å². The van der Waals surface area contributed by atoms with Gasteiger partial charge in [-0.15, -0.1) is 0 Å². The van der Waals surface area contributed by atoms with Gasteiger partial charge in [-0.2, -0.15) is 0 Å². The monoisotopic (exact) mass is 239 g/mol. The van der Waals surface area contributed by atoms with Gasteiger partial charge in [-0.3, -0.25) is 4.79 Å². The zero-order valence-corrected chi connectivity index (χ0v) is 10.2. The minimum atomic E-state index is -0.394. The van der Waals surface area contributed by atoms with Crippen molar-refractivity contribution in [3.05, 3.63) is 23.8 Å². The minimum absolute atomic E-state index is 0.0791. The third kappa shape index (κ3) is 2.88. The lowest BCUT2D eigenvalue weighted by molar-refractivity contribution is 0.0630. The van der Waals surface area contributed by atoms with Crippen molar-refractivity contribution in [2.75, 3.05) is 20.8 Å². The van der Waals surface area contributed by atoms with Crippen LogP contribution < -0.4 is 0 Å². The summed E-state index contributed by atoms with van der Waals surface area (Å²) in [5, 5.41) is 18.9. The SMILES string of the molecule is COCC(C)N(C)C(=O)c1cccc(O)c1O. The molecule has 5 nitrogen and oxygen atoms in total. The summed E-state index contributed by atoms with van der Waals surface area (Å²) in [6.45, 7) is 2.24. The van der Waals surface area contributed by atoms with Crippen molar-refractivity contribution >= 4 is 5.91 Å². The number of para-hydroxylation sites is 1. The van der Waals surface area contributed by atoms with Crippen LogP contribution in [0.15, 0.2) is 18.2 Å². The Bertz CT molecular complexity index is 405. The molecule has 5 heteroatoms. The number of phenolic OH excluding ortho intramolecular Hbond substituents is 2. The number of amides is 1. The Morgan fingerprint density at radius 1 is 1.47 bits per heavy atom.